The second-order valence-corrected chi connectivity index (χ2v) is 6.97. The molecule has 0 aliphatic rings. The number of benzene rings is 2. The van der Waals surface area contributed by atoms with E-state index in [9.17, 15) is 18.0 Å². The van der Waals surface area contributed by atoms with Gasteiger partial charge >= 0.3 is 12.2 Å². The summed E-state index contributed by atoms with van der Waals surface area (Å²) in [5.74, 6) is 0. The van der Waals surface area contributed by atoms with Crippen molar-refractivity contribution in [2.24, 2.45) is 0 Å². The zero-order valence-electron chi connectivity index (χ0n) is 16.6. The number of hydrogen-bond acceptors (Lipinski definition) is 3. The Morgan fingerprint density at radius 2 is 1.52 bits per heavy atom. The summed E-state index contributed by atoms with van der Waals surface area (Å²) >= 11 is 0. The van der Waals surface area contributed by atoms with Gasteiger partial charge in [-0.15, -0.1) is 0 Å². The number of nitrogens with zero attached hydrogens (tertiary/aromatic N) is 1. The number of hydrogen-bond donors (Lipinski definition) is 2. The highest BCUT2D eigenvalue weighted by molar-refractivity contribution is 5.73. The van der Waals surface area contributed by atoms with E-state index in [2.05, 4.69) is 20.3 Å². The summed E-state index contributed by atoms with van der Waals surface area (Å²) in [5, 5.41) is 5.61. The smallest absolute Gasteiger partial charge is 0.367 e. The SMILES string of the molecule is CN(C)Cc1ccccc1CNC(=O)NCc1ccc(COCC(F)(F)F)cc1. The average molecular weight is 409 g/mol. The Bertz CT molecular complexity index is 777. The van der Waals surface area contributed by atoms with Crippen LogP contribution in [-0.4, -0.2) is 37.8 Å². The first-order valence-electron chi connectivity index (χ1n) is 9.18. The lowest BCUT2D eigenvalue weighted by Gasteiger charge is -2.15. The molecule has 29 heavy (non-hydrogen) atoms. The minimum absolute atomic E-state index is 0.111. The molecule has 0 aromatic heterocycles. The van der Waals surface area contributed by atoms with Crippen LogP contribution in [0.15, 0.2) is 48.5 Å². The van der Waals surface area contributed by atoms with Crippen molar-refractivity contribution in [3.63, 3.8) is 0 Å². The van der Waals surface area contributed by atoms with Gasteiger partial charge in [-0.2, -0.15) is 13.2 Å². The van der Waals surface area contributed by atoms with Crippen molar-refractivity contribution in [2.75, 3.05) is 20.7 Å². The molecule has 0 spiro atoms. The zero-order valence-corrected chi connectivity index (χ0v) is 16.6. The van der Waals surface area contributed by atoms with E-state index in [4.69, 9.17) is 0 Å². The molecule has 0 unspecified atom stereocenters. The van der Waals surface area contributed by atoms with E-state index in [0.717, 1.165) is 23.2 Å². The van der Waals surface area contributed by atoms with Crippen LogP contribution >= 0.6 is 0 Å². The summed E-state index contributed by atoms with van der Waals surface area (Å²) < 4.78 is 40.8. The predicted octanol–water partition coefficient (Wildman–Crippen LogP) is 3.83. The molecule has 0 atom stereocenters. The number of amides is 2. The maximum absolute atomic E-state index is 12.1. The topological polar surface area (TPSA) is 53.6 Å². The average Bonchev–Trinajstić information content (AvgIpc) is 2.65. The number of carbonyl (C=O) groups excluding carboxylic acids is 1. The van der Waals surface area contributed by atoms with Crippen molar-refractivity contribution in [1.29, 1.82) is 0 Å². The fraction of sp³-hybridized carbons (Fsp3) is 0.381. The Kier molecular flexibility index (Phi) is 8.48. The largest absolute Gasteiger partial charge is 0.411 e. The van der Waals surface area contributed by atoms with E-state index < -0.39 is 12.8 Å². The lowest BCUT2D eigenvalue weighted by Crippen LogP contribution is -2.34. The molecule has 2 rings (SSSR count). The maximum Gasteiger partial charge on any atom is 0.411 e. The molecule has 158 valence electrons. The first-order chi connectivity index (χ1) is 13.7. The van der Waals surface area contributed by atoms with Crippen LogP contribution < -0.4 is 10.6 Å². The van der Waals surface area contributed by atoms with Gasteiger partial charge in [-0.05, 0) is 36.3 Å². The number of rotatable bonds is 9. The van der Waals surface area contributed by atoms with E-state index >= 15 is 0 Å². The second-order valence-electron chi connectivity index (χ2n) is 6.97. The first-order valence-corrected chi connectivity index (χ1v) is 9.18. The van der Waals surface area contributed by atoms with Crippen LogP contribution in [0.25, 0.3) is 0 Å². The van der Waals surface area contributed by atoms with Crippen LogP contribution in [0.5, 0.6) is 0 Å². The van der Waals surface area contributed by atoms with E-state index in [0.29, 0.717) is 18.7 Å². The number of halogens is 3. The number of carbonyl (C=O) groups is 1. The third-order valence-corrected chi connectivity index (χ3v) is 4.05. The molecule has 0 saturated carbocycles. The van der Waals surface area contributed by atoms with Crippen molar-refractivity contribution in [1.82, 2.24) is 15.5 Å². The maximum atomic E-state index is 12.1. The van der Waals surface area contributed by atoms with Crippen LogP contribution in [-0.2, 0) is 31.0 Å². The molecule has 2 amide bonds. The van der Waals surface area contributed by atoms with Crippen LogP contribution in [0, 0.1) is 0 Å². The highest BCUT2D eigenvalue weighted by atomic mass is 19.4. The summed E-state index contributed by atoms with van der Waals surface area (Å²) in [6.45, 7) is 0.146. The summed E-state index contributed by atoms with van der Waals surface area (Å²) in [5.41, 5.74) is 3.69. The van der Waals surface area contributed by atoms with Gasteiger partial charge < -0.3 is 20.3 Å². The molecule has 0 heterocycles. The highest BCUT2D eigenvalue weighted by Gasteiger charge is 2.27. The third kappa shape index (κ3) is 8.97. The quantitative estimate of drug-likeness (QED) is 0.662. The predicted molar refractivity (Wildman–Crippen MR) is 105 cm³/mol. The highest BCUT2D eigenvalue weighted by Crippen LogP contribution is 2.16. The summed E-state index contributed by atoms with van der Waals surface area (Å²) in [7, 11) is 3.98. The van der Waals surface area contributed by atoms with Crippen molar-refractivity contribution in [3.8, 4) is 0 Å². The number of alkyl halides is 3. The van der Waals surface area contributed by atoms with Gasteiger partial charge in [-0.25, -0.2) is 4.79 Å². The minimum atomic E-state index is -4.33. The molecular weight excluding hydrogens is 383 g/mol. The van der Waals surface area contributed by atoms with E-state index in [-0.39, 0.29) is 12.6 Å². The van der Waals surface area contributed by atoms with E-state index in [1.165, 1.54) is 0 Å². The van der Waals surface area contributed by atoms with Gasteiger partial charge in [0.2, 0.25) is 0 Å². The molecule has 2 aromatic carbocycles. The van der Waals surface area contributed by atoms with Gasteiger partial charge in [0.15, 0.2) is 0 Å². The van der Waals surface area contributed by atoms with E-state index in [1.807, 2.05) is 38.4 Å². The first kappa shape index (κ1) is 22.7. The molecule has 0 fully saturated rings. The molecular formula is C21H26F3N3O2. The lowest BCUT2D eigenvalue weighted by molar-refractivity contribution is -0.176. The van der Waals surface area contributed by atoms with E-state index in [1.54, 1.807) is 24.3 Å². The van der Waals surface area contributed by atoms with Crippen LogP contribution in [0.3, 0.4) is 0 Å². The molecule has 5 nitrogen and oxygen atoms in total. The lowest BCUT2D eigenvalue weighted by atomic mass is 10.1. The Morgan fingerprint density at radius 1 is 0.931 bits per heavy atom. The Hall–Kier alpha value is -2.58. The summed E-state index contributed by atoms with van der Waals surface area (Å²) in [6, 6.07) is 14.5. The minimum Gasteiger partial charge on any atom is -0.367 e. The second kappa shape index (κ2) is 10.8. The molecule has 2 N–H and O–H groups in total. The third-order valence-electron chi connectivity index (χ3n) is 4.05. The molecule has 0 radical (unpaired) electrons. The molecule has 8 heteroatoms. The fourth-order valence-corrected chi connectivity index (χ4v) is 2.68. The van der Waals surface area contributed by atoms with Crippen molar-refractivity contribution in [3.05, 3.63) is 70.8 Å². The fourth-order valence-electron chi connectivity index (χ4n) is 2.68. The van der Waals surface area contributed by atoms with Gasteiger partial charge in [0.25, 0.3) is 0 Å². The van der Waals surface area contributed by atoms with Gasteiger partial charge in [-0.1, -0.05) is 48.5 Å². The van der Waals surface area contributed by atoms with Gasteiger partial charge in [0.05, 0.1) is 6.61 Å². The monoisotopic (exact) mass is 409 g/mol. The summed E-state index contributed by atoms with van der Waals surface area (Å²) in [6.07, 6.45) is -4.33. The number of ether oxygens (including phenoxy) is 1. The zero-order chi connectivity index (χ0) is 21.3. The molecule has 0 aliphatic carbocycles. The van der Waals surface area contributed by atoms with Crippen LogP contribution in [0.2, 0.25) is 0 Å². The number of urea groups is 1. The molecule has 0 bridgehead atoms. The normalized spacial score (nSPS) is 11.5. The molecule has 0 aliphatic heterocycles. The van der Waals surface area contributed by atoms with Gasteiger partial charge in [-0.3, -0.25) is 0 Å². The standard InChI is InChI=1S/C21H26F3N3O2/c1-27(2)13-19-6-4-3-5-18(19)12-26-20(28)25-11-16-7-9-17(10-8-16)14-29-15-21(22,23)24/h3-10H,11-15H2,1-2H3,(H2,25,26,28). The van der Waals surface area contributed by atoms with Crippen molar-refractivity contribution in [2.45, 2.75) is 32.4 Å². The molecule has 0 saturated heterocycles. The van der Waals surface area contributed by atoms with Gasteiger partial charge in [0.1, 0.15) is 6.61 Å². The number of nitrogens with one attached hydrogen (secondary N) is 2. The Balaban J connectivity index is 1.75. The van der Waals surface area contributed by atoms with Crippen LogP contribution in [0.4, 0.5) is 18.0 Å². The van der Waals surface area contributed by atoms with Crippen molar-refractivity contribution < 1.29 is 22.7 Å². The Labute approximate surface area is 168 Å². The summed E-state index contributed by atoms with van der Waals surface area (Å²) in [4.78, 5) is 14.1. The van der Waals surface area contributed by atoms with Crippen molar-refractivity contribution >= 4 is 6.03 Å². The van der Waals surface area contributed by atoms with Crippen LogP contribution in [0.1, 0.15) is 22.3 Å². The molecule has 2 aromatic rings. The van der Waals surface area contributed by atoms with Gasteiger partial charge in [0, 0.05) is 19.6 Å². The Morgan fingerprint density at radius 3 is 2.14 bits per heavy atom.